The summed E-state index contributed by atoms with van der Waals surface area (Å²) >= 11 is 0. The monoisotopic (exact) mass is 297 g/mol. The van der Waals surface area contributed by atoms with Crippen LogP contribution >= 0.6 is 0 Å². The van der Waals surface area contributed by atoms with Crippen LogP contribution in [-0.2, 0) is 0 Å². The number of fused-ring (bicyclic) bond motifs is 5. The fraction of sp³-hybridized carbons (Fsp3) is 0. The molecule has 4 rings (SSSR count). The van der Waals surface area contributed by atoms with Gasteiger partial charge in [0.1, 0.15) is 0 Å². The van der Waals surface area contributed by atoms with E-state index >= 15 is 0 Å². The molecule has 0 unspecified atom stereocenters. The van der Waals surface area contributed by atoms with E-state index in [1.54, 1.807) is 6.07 Å². The van der Waals surface area contributed by atoms with E-state index in [-0.39, 0.29) is 0 Å². The highest BCUT2D eigenvalue weighted by atomic mass is 16.1. The fourth-order valence-corrected chi connectivity index (χ4v) is 3.14. The molecule has 0 aliphatic heterocycles. The summed E-state index contributed by atoms with van der Waals surface area (Å²) in [5.74, 6) is -0.557. The van der Waals surface area contributed by atoms with Crippen LogP contribution < -0.4 is 0 Å². The molecule has 0 spiro atoms. The minimum Gasteiger partial charge on any atom is -0.287 e. The Morgan fingerprint density at radius 3 is 2.22 bits per heavy atom. The molecule has 1 amide bonds. The molecule has 4 aromatic rings. The smallest absolute Gasteiger partial charge is 0.249 e. The zero-order valence-corrected chi connectivity index (χ0v) is 12.1. The van der Waals surface area contributed by atoms with Gasteiger partial charge in [-0.2, -0.15) is 0 Å². The first-order valence-electron chi connectivity index (χ1n) is 7.22. The lowest BCUT2D eigenvalue weighted by Gasteiger charge is -2.11. The first kappa shape index (κ1) is 13.3. The van der Waals surface area contributed by atoms with E-state index in [4.69, 9.17) is 5.53 Å². The molecule has 0 aromatic heterocycles. The molecule has 4 heteroatoms. The summed E-state index contributed by atoms with van der Waals surface area (Å²) in [7, 11) is 0. The van der Waals surface area contributed by atoms with Crippen molar-refractivity contribution in [1.29, 1.82) is 0 Å². The lowest BCUT2D eigenvalue weighted by molar-refractivity contribution is 0.100. The van der Waals surface area contributed by atoms with Gasteiger partial charge in [-0.1, -0.05) is 60.7 Å². The quantitative estimate of drug-likeness (QED) is 0.195. The fourth-order valence-electron chi connectivity index (χ4n) is 3.14. The number of amides is 1. The lowest BCUT2D eigenvalue weighted by atomic mass is 9.93. The molecule has 4 aromatic carbocycles. The lowest BCUT2D eigenvalue weighted by Crippen LogP contribution is -1.96. The topological polar surface area (TPSA) is 65.8 Å². The van der Waals surface area contributed by atoms with Gasteiger partial charge in [0.15, 0.2) is 0 Å². The summed E-state index contributed by atoms with van der Waals surface area (Å²) < 4.78 is 0. The zero-order valence-electron chi connectivity index (χ0n) is 12.1. The van der Waals surface area contributed by atoms with E-state index in [1.807, 2.05) is 60.7 Å². The maximum absolute atomic E-state index is 12.2. The molecule has 0 atom stereocenters. The molecule has 0 saturated heterocycles. The van der Waals surface area contributed by atoms with Crippen molar-refractivity contribution in [3.8, 4) is 0 Å². The van der Waals surface area contributed by atoms with E-state index in [0.29, 0.717) is 5.56 Å². The van der Waals surface area contributed by atoms with Crippen molar-refractivity contribution >= 4 is 38.2 Å². The number of hydrogen-bond donors (Lipinski definition) is 0. The number of rotatable bonds is 1. The number of nitrogens with zero attached hydrogens (tertiary/aromatic N) is 3. The van der Waals surface area contributed by atoms with E-state index in [9.17, 15) is 4.79 Å². The Morgan fingerprint density at radius 2 is 1.48 bits per heavy atom. The third-order valence-electron chi connectivity index (χ3n) is 4.12. The largest absolute Gasteiger partial charge is 0.287 e. The van der Waals surface area contributed by atoms with Crippen LogP contribution in [0.2, 0.25) is 0 Å². The van der Waals surface area contributed by atoms with Gasteiger partial charge in [0.2, 0.25) is 5.91 Å². The van der Waals surface area contributed by atoms with E-state index in [2.05, 4.69) is 10.0 Å². The summed E-state index contributed by atoms with van der Waals surface area (Å²) in [5, 5.41) is 9.31. The first-order chi connectivity index (χ1) is 11.3. The molecule has 0 bridgehead atoms. The molecule has 23 heavy (non-hydrogen) atoms. The Bertz CT molecular complexity index is 1130. The number of carbonyl (C=O) groups is 1. The molecular formula is C19H11N3O. The highest BCUT2D eigenvalue weighted by Crippen LogP contribution is 2.34. The van der Waals surface area contributed by atoms with Crippen molar-refractivity contribution in [3.05, 3.63) is 82.7 Å². The Hall–Kier alpha value is -3.36. The minimum absolute atomic E-state index is 0.433. The van der Waals surface area contributed by atoms with Crippen LogP contribution in [0.1, 0.15) is 10.4 Å². The number of hydrogen-bond acceptors (Lipinski definition) is 1. The summed E-state index contributed by atoms with van der Waals surface area (Å²) in [5.41, 5.74) is 9.03. The van der Waals surface area contributed by atoms with E-state index in [1.165, 1.54) is 0 Å². The van der Waals surface area contributed by atoms with E-state index < -0.39 is 5.91 Å². The molecule has 0 aliphatic carbocycles. The SMILES string of the molecule is [N-]=[N+]=NC(=O)c1cc2ccccc2c2c1ccc1ccccc12. The number of carbonyl (C=O) groups excluding carboxylic acids is 1. The third kappa shape index (κ3) is 2.01. The average Bonchev–Trinajstić information content (AvgIpc) is 2.60. The Kier molecular flexibility index (Phi) is 2.97. The number of azide groups is 1. The van der Waals surface area contributed by atoms with Gasteiger partial charge in [-0.05, 0) is 49.0 Å². The second-order valence-electron chi connectivity index (χ2n) is 5.35. The zero-order chi connectivity index (χ0) is 15.8. The van der Waals surface area contributed by atoms with Crippen molar-refractivity contribution in [2.75, 3.05) is 0 Å². The summed E-state index contributed by atoms with van der Waals surface area (Å²) in [4.78, 5) is 14.9. The van der Waals surface area contributed by atoms with Crippen molar-refractivity contribution in [3.63, 3.8) is 0 Å². The first-order valence-corrected chi connectivity index (χ1v) is 7.22. The van der Waals surface area contributed by atoms with Crippen molar-refractivity contribution in [2.45, 2.75) is 0 Å². The molecule has 0 heterocycles. The van der Waals surface area contributed by atoms with Crippen molar-refractivity contribution in [1.82, 2.24) is 0 Å². The summed E-state index contributed by atoms with van der Waals surface area (Å²) in [6, 6.07) is 21.7. The second-order valence-corrected chi connectivity index (χ2v) is 5.35. The molecule has 108 valence electrons. The predicted molar refractivity (Wildman–Crippen MR) is 92.4 cm³/mol. The van der Waals surface area contributed by atoms with Crippen LogP contribution in [0.4, 0.5) is 0 Å². The van der Waals surface area contributed by atoms with Crippen LogP contribution in [0.3, 0.4) is 0 Å². The maximum atomic E-state index is 12.2. The normalized spacial score (nSPS) is 10.8. The third-order valence-corrected chi connectivity index (χ3v) is 4.12. The molecular weight excluding hydrogens is 286 g/mol. The van der Waals surface area contributed by atoms with E-state index in [0.717, 1.165) is 32.3 Å². The van der Waals surface area contributed by atoms with Gasteiger partial charge in [-0.15, -0.1) is 0 Å². The predicted octanol–water partition coefficient (Wildman–Crippen LogP) is 5.60. The van der Waals surface area contributed by atoms with Crippen LogP contribution in [-0.4, -0.2) is 5.91 Å². The summed E-state index contributed by atoms with van der Waals surface area (Å²) in [6.07, 6.45) is 0. The Balaban J connectivity index is 2.29. The Morgan fingerprint density at radius 1 is 0.826 bits per heavy atom. The van der Waals surface area contributed by atoms with Crippen molar-refractivity contribution in [2.24, 2.45) is 5.11 Å². The van der Waals surface area contributed by atoms with Gasteiger partial charge in [0, 0.05) is 10.5 Å². The van der Waals surface area contributed by atoms with Gasteiger partial charge in [0.05, 0.1) is 0 Å². The van der Waals surface area contributed by atoms with Gasteiger partial charge in [-0.3, -0.25) is 4.79 Å². The van der Waals surface area contributed by atoms with Gasteiger partial charge in [0.25, 0.3) is 0 Å². The van der Waals surface area contributed by atoms with Crippen LogP contribution in [0.5, 0.6) is 0 Å². The number of benzene rings is 4. The maximum Gasteiger partial charge on any atom is 0.249 e. The summed E-state index contributed by atoms with van der Waals surface area (Å²) in [6.45, 7) is 0. The van der Waals surface area contributed by atoms with Gasteiger partial charge in [-0.25, -0.2) is 0 Å². The second kappa shape index (κ2) is 5.13. The molecule has 4 nitrogen and oxygen atoms in total. The minimum atomic E-state index is -0.557. The standard InChI is InChI=1S/C19H11N3O/c20-22-21-19(23)17-11-13-6-2-4-8-15(13)18-14-7-3-1-5-12(14)9-10-16(17)18/h1-11H. The highest BCUT2D eigenvalue weighted by molar-refractivity contribution is 6.25. The molecule has 0 saturated carbocycles. The molecule has 0 fully saturated rings. The van der Waals surface area contributed by atoms with Gasteiger partial charge < -0.3 is 0 Å². The highest BCUT2D eigenvalue weighted by Gasteiger charge is 2.13. The van der Waals surface area contributed by atoms with Crippen LogP contribution in [0.15, 0.2) is 71.8 Å². The Labute approximate surface area is 131 Å². The van der Waals surface area contributed by atoms with Gasteiger partial charge >= 0.3 is 0 Å². The van der Waals surface area contributed by atoms with Crippen LogP contribution in [0, 0.1) is 0 Å². The average molecular weight is 297 g/mol. The van der Waals surface area contributed by atoms with Crippen LogP contribution in [0.25, 0.3) is 42.8 Å². The molecule has 0 radical (unpaired) electrons. The van der Waals surface area contributed by atoms with Crippen molar-refractivity contribution < 1.29 is 4.79 Å². The molecule has 0 N–H and O–H groups in total. The molecule has 0 aliphatic rings.